The second-order valence-corrected chi connectivity index (χ2v) is 6.18. The third-order valence-corrected chi connectivity index (χ3v) is 4.06. The predicted molar refractivity (Wildman–Crippen MR) is 77.3 cm³/mol. The minimum absolute atomic E-state index is 0.119. The van der Waals surface area contributed by atoms with Gasteiger partial charge in [-0.1, -0.05) is 0 Å². The summed E-state index contributed by atoms with van der Waals surface area (Å²) >= 11 is 0. The van der Waals surface area contributed by atoms with Crippen molar-refractivity contribution in [1.82, 2.24) is 20.0 Å². The van der Waals surface area contributed by atoms with Crippen LogP contribution in [0.2, 0.25) is 0 Å². The molecule has 0 aliphatic carbocycles. The van der Waals surface area contributed by atoms with Crippen LogP contribution < -0.4 is 5.32 Å². The molecular formula is C14H26N4O2. The van der Waals surface area contributed by atoms with Crippen molar-refractivity contribution in [2.75, 3.05) is 53.4 Å². The second kappa shape index (κ2) is 6.54. The van der Waals surface area contributed by atoms with Gasteiger partial charge in [0.1, 0.15) is 0 Å². The van der Waals surface area contributed by atoms with E-state index < -0.39 is 0 Å². The Morgan fingerprint density at radius 3 is 2.80 bits per heavy atom. The number of likely N-dealkylation sites (N-methyl/N-ethyl adjacent to an activating group) is 1. The molecule has 0 unspecified atom stereocenters. The summed E-state index contributed by atoms with van der Waals surface area (Å²) in [5.41, 5.74) is 0. The average molecular weight is 282 g/mol. The highest BCUT2D eigenvalue weighted by molar-refractivity contribution is 5.89. The molecule has 2 fully saturated rings. The quantitative estimate of drug-likeness (QED) is 0.735. The Morgan fingerprint density at radius 2 is 2.15 bits per heavy atom. The summed E-state index contributed by atoms with van der Waals surface area (Å²) in [4.78, 5) is 30.3. The van der Waals surface area contributed by atoms with E-state index in [0.717, 1.165) is 26.2 Å². The fourth-order valence-electron chi connectivity index (χ4n) is 2.87. The standard InChI is InChI=1S/C14H26N4O2/c1-11-9-18(5-4-15-11)14(20)12-8-13(19)17(10-12)7-6-16(2)3/h11-12,15H,4-10H2,1-3H3/t11-,12-/m0/s1. The Balaban J connectivity index is 1.87. The molecule has 2 saturated heterocycles. The number of rotatable bonds is 4. The van der Waals surface area contributed by atoms with Gasteiger partial charge >= 0.3 is 0 Å². The number of carbonyl (C=O) groups excluding carboxylic acids is 2. The summed E-state index contributed by atoms with van der Waals surface area (Å²) in [6.07, 6.45) is 0.380. The van der Waals surface area contributed by atoms with Crippen LogP contribution in [-0.2, 0) is 9.59 Å². The lowest BCUT2D eigenvalue weighted by molar-refractivity contribution is -0.136. The average Bonchev–Trinajstić information content (AvgIpc) is 2.77. The number of nitrogens with one attached hydrogen (secondary N) is 1. The molecular weight excluding hydrogens is 256 g/mol. The van der Waals surface area contributed by atoms with Crippen molar-refractivity contribution in [2.24, 2.45) is 5.92 Å². The van der Waals surface area contributed by atoms with E-state index in [0.29, 0.717) is 25.6 Å². The van der Waals surface area contributed by atoms with Crippen LogP contribution >= 0.6 is 0 Å². The molecule has 2 aliphatic rings. The molecule has 6 heteroatoms. The molecule has 0 saturated carbocycles. The molecule has 6 nitrogen and oxygen atoms in total. The number of piperazine rings is 1. The number of nitrogens with zero attached hydrogens (tertiary/aromatic N) is 3. The van der Waals surface area contributed by atoms with Crippen molar-refractivity contribution in [3.63, 3.8) is 0 Å². The number of hydrogen-bond acceptors (Lipinski definition) is 4. The van der Waals surface area contributed by atoms with Gasteiger partial charge in [0.15, 0.2) is 0 Å². The van der Waals surface area contributed by atoms with Crippen LogP contribution in [0.5, 0.6) is 0 Å². The van der Waals surface area contributed by atoms with Gasteiger partial charge in [-0.3, -0.25) is 9.59 Å². The number of amides is 2. The Hall–Kier alpha value is -1.14. The third-order valence-electron chi connectivity index (χ3n) is 4.06. The topological polar surface area (TPSA) is 55.9 Å². The van der Waals surface area contributed by atoms with Gasteiger partial charge < -0.3 is 20.0 Å². The van der Waals surface area contributed by atoms with Gasteiger partial charge in [0, 0.05) is 51.7 Å². The minimum Gasteiger partial charge on any atom is -0.341 e. The van der Waals surface area contributed by atoms with E-state index >= 15 is 0 Å². The molecule has 0 bridgehead atoms. The Labute approximate surface area is 121 Å². The van der Waals surface area contributed by atoms with Crippen LogP contribution in [0.25, 0.3) is 0 Å². The first-order chi connectivity index (χ1) is 9.47. The van der Waals surface area contributed by atoms with Crippen LogP contribution in [0, 0.1) is 5.92 Å². The third kappa shape index (κ3) is 3.70. The van der Waals surface area contributed by atoms with Crippen molar-refractivity contribution < 1.29 is 9.59 Å². The van der Waals surface area contributed by atoms with E-state index in [2.05, 4.69) is 17.1 Å². The molecule has 1 N–H and O–H groups in total. The van der Waals surface area contributed by atoms with Crippen LogP contribution in [0.15, 0.2) is 0 Å². The molecule has 0 radical (unpaired) electrons. The van der Waals surface area contributed by atoms with Crippen LogP contribution in [0.3, 0.4) is 0 Å². The highest BCUT2D eigenvalue weighted by Crippen LogP contribution is 2.20. The van der Waals surface area contributed by atoms with Crippen molar-refractivity contribution in [3.05, 3.63) is 0 Å². The Bertz CT molecular complexity index is 372. The second-order valence-electron chi connectivity index (χ2n) is 6.18. The van der Waals surface area contributed by atoms with E-state index in [-0.39, 0.29) is 17.7 Å². The van der Waals surface area contributed by atoms with Crippen molar-refractivity contribution >= 4 is 11.8 Å². The molecule has 2 atom stereocenters. The van der Waals surface area contributed by atoms with Gasteiger partial charge in [0.2, 0.25) is 11.8 Å². The van der Waals surface area contributed by atoms with E-state index in [1.165, 1.54) is 0 Å². The highest BCUT2D eigenvalue weighted by Gasteiger charge is 2.37. The summed E-state index contributed by atoms with van der Waals surface area (Å²) in [7, 11) is 3.98. The summed E-state index contributed by atoms with van der Waals surface area (Å²) in [6.45, 7) is 6.59. The van der Waals surface area contributed by atoms with Crippen LogP contribution in [0.4, 0.5) is 0 Å². The molecule has 2 heterocycles. The van der Waals surface area contributed by atoms with Gasteiger partial charge in [-0.25, -0.2) is 0 Å². The number of likely N-dealkylation sites (tertiary alicyclic amines) is 1. The lowest BCUT2D eigenvalue weighted by Gasteiger charge is -2.33. The first kappa shape index (κ1) is 15.3. The lowest BCUT2D eigenvalue weighted by atomic mass is 10.1. The predicted octanol–water partition coefficient (Wildman–Crippen LogP) is -0.783. The Kier molecular flexibility index (Phi) is 4.99. The fraction of sp³-hybridized carbons (Fsp3) is 0.857. The van der Waals surface area contributed by atoms with Gasteiger partial charge in [0.25, 0.3) is 0 Å². The number of hydrogen-bond donors (Lipinski definition) is 1. The van der Waals surface area contributed by atoms with Gasteiger partial charge in [-0.2, -0.15) is 0 Å². The van der Waals surface area contributed by atoms with E-state index in [4.69, 9.17) is 0 Å². The molecule has 0 aromatic heterocycles. The summed E-state index contributed by atoms with van der Waals surface area (Å²) in [6, 6.07) is 0.342. The van der Waals surface area contributed by atoms with Crippen molar-refractivity contribution in [2.45, 2.75) is 19.4 Å². The summed E-state index contributed by atoms with van der Waals surface area (Å²) in [5, 5.41) is 3.33. The van der Waals surface area contributed by atoms with E-state index in [1.807, 2.05) is 23.9 Å². The van der Waals surface area contributed by atoms with Crippen LogP contribution in [-0.4, -0.2) is 85.9 Å². The molecule has 0 spiro atoms. The normalized spacial score (nSPS) is 27.5. The van der Waals surface area contributed by atoms with Crippen molar-refractivity contribution in [3.8, 4) is 0 Å². The maximum absolute atomic E-state index is 12.5. The zero-order chi connectivity index (χ0) is 14.7. The van der Waals surface area contributed by atoms with E-state index in [1.54, 1.807) is 0 Å². The molecule has 2 rings (SSSR count). The zero-order valence-electron chi connectivity index (χ0n) is 12.8. The number of carbonyl (C=O) groups is 2. The molecule has 20 heavy (non-hydrogen) atoms. The SMILES string of the molecule is C[C@H]1CN(C(=O)[C@H]2CC(=O)N(CCN(C)C)C2)CCN1. The monoisotopic (exact) mass is 282 g/mol. The van der Waals surface area contributed by atoms with Gasteiger partial charge in [0.05, 0.1) is 5.92 Å². The molecule has 2 aliphatic heterocycles. The maximum atomic E-state index is 12.5. The zero-order valence-corrected chi connectivity index (χ0v) is 12.8. The largest absolute Gasteiger partial charge is 0.341 e. The molecule has 0 aromatic rings. The molecule has 2 amide bonds. The maximum Gasteiger partial charge on any atom is 0.228 e. The molecule has 114 valence electrons. The summed E-state index contributed by atoms with van der Waals surface area (Å²) in [5.74, 6) is 0.127. The lowest BCUT2D eigenvalue weighted by Crippen LogP contribution is -2.53. The van der Waals surface area contributed by atoms with Crippen molar-refractivity contribution in [1.29, 1.82) is 0 Å². The first-order valence-electron chi connectivity index (χ1n) is 7.42. The fourth-order valence-corrected chi connectivity index (χ4v) is 2.87. The Morgan fingerprint density at radius 1 is 1.40 bits per heavy atom. The molecule has 0 aromatic carbocycles. The highest BCUT2D eigenvalue weighted by atomic mass is 16.2. The van der Waals surface area contributed by atoms with E-state index in [9.17, 15) is 9.59 Å². The van der Waals surface area contributed by atoms with Gasteiger partial charge in [-0.15, -0.1) is 0 Å². The smallest absolute Gasteiger partial charge is 0.228 e. The first-order valence-corrected chi connectivity index (χ1v) is 7.42. The van der Waals surface area contributed by atoms with Gasteiger partial charge in [-0.05, 0) is 21.0 Å². The van der Waals surface area contributed by atoms with Crippen LogP contribution in [0.1, 0.15) is 13.3 Å². The summed E-state index contributed by atoms with van der Waals surface area (Å²) < 4.78 is 0. The minimum atomic E-state index is -0.144.